The molecule has 0 fully saturated rings. The van der Waals surface area contributed by atoms with Gasteiger partial charge in [-0.05, 0) is 19.9 Å². The average Bonchev–Trinajstić information content (AvgIpc) is 2.57. The number of aliphatic hydroxyl groups is 1. The van der Waals surface area contributed by atoms with Gasteiger partial charge >= 0.3 is 5.97 Å². The molecule has 0 saturated carbocycles. The lowest BCUT2D eigenvalue weighted by Crippen LogP contribution is -2.35. The Bertz CT molecular complexity index is 297. The summed E-state index contributed by atoms with van der Waals surface area (Å²) in [6.45, 7) is 2.17. The number of carboxylic acid groups (broad SMARTS) is 1. The Kier molecular flexibility index (Phi) is 17.7. The second-order valence-electron chi connectivity index (χ2n) is 7.53. The molecule has 0 saturated heterocycles. The number of hydrogen-bond donors (Lipinski definition) is 2. The fourth-order valence-corrected chi connectivity index (χ4v) is 3.24. The third kappa shape index (κ3) is 18.0. The molecule has 0 bridgehead atoms. The molecule has 0 amide bonds. The zero-order valence-corrected chi connectivity index (χ0v) is 16.8. The molecule has 0 radical (unpaired) electrons. The maximum absolute atomic E-state index is 10.6. The summed E-state index contributed by atoms with van der Waals surface area (Å²) in [5.74, 6) is -0.891. The molecule has 0 aromatic rings. The Labute approximate surface area is 156 Å². The maximum atomic E-state index is 10.6. The van der Waals surface area contributed by atoms with E-state index in [-0.39, 0.29) is 6.54 Å². The van der Waals surface area contributed by atoms with Gasteiger partial charge in [-0.2, -0.15) is 0 Å². The fraction of sp³-hybridized carbons (Fsp3) is 0.952. The Hall–Kier alpha value is -0.610. The van der Waals surface area contributed by atoms with Gasteiger partial charge in [0.1, 0.15) is 6.23 Å². The Morgan fingerprint density at radius 3 is 1.48 bits per heavy atom. The van der Waals surface area contributed by atoms with Crippen LogP contribution in [0.15, 0.2) is 0 Å². The first-order valence-electron chi connectivity index (χ1n) is 10.7. The second kappa shape index (κ2) is 18.2. The highest BCUT2D eigenvalue weighted by Crippen LogP contribution is 2.14. The number of carboxylic acids is 1. The molecule has 0 rings (SSSR count). The van der Waals surface area contributed by atoms with Crippen LogP contribution in [0.25, 0.3) is 0 Å². The molecule has 0 aliphatic rings. The number of hydrogen-bond acceptors (Lipinski definition) is 3. The van der Waals surface area contributed by atoms with E-state index in [9.17, 15) is 9.90 Å². The minimum atomic E-state index is -0.891. The summed E-state index contributed by atoms with van der Waals surface area (Å²) in [4.78, 5) is 12.1. The summed E-state index contributed by atoms with van der Waals surface area (Å²) >= 11 is 0. The second-order valence-corrected chi connectivity index (χ2v) is 7.53. The first kappa shape index (κ1) is 24.4. The zero-order chi connectivity index (χ0) is 18.8. The number of nitrogens with zero attached hydrogens (tertiary/aromatic N) is 1. The van der Waals surface area contributed by atoms with Crippen molar-refractivity contribution in [1.82, 2.24) is 4.90 Å². The first-order chi connectivity index (χ1) is 12.1. The number of aliphatic carboxylic acids is 1. The smallest absolute Gasteiger partial charge is 0.317 e. The standard InChI is InChI=1S/C21H43NO3/c1-3-4-5-6-7-8-9-10-11-12-13-14-15-16-17-18-20(23)22(2)19-21(24)25/h20,23H,3-19H2,1-2H3,(H,24,25). The van der Waals surface area contributed by atoms with Gasteiger partial charge in [0, 0.05) is 0 Å². The molecule has 0 aliphatic carbocycles. The van der Waals surface area contributed by atoms with Gasteiger partial charge in [0.05, 0.1) is 6.54 Å². The van der Waals surface area contributed by atoms with Crippen molar-refractivity contribution in [2.45, 2.75) is 116 Å². The van der Waals surface area contributed by atoms with Crippen molar-refractivity contribution >= 4 is 5.97 Å². The molecule has 1 unspecified atom stereocenters. The third-order valence-electron chi connectivity index (χ3n) is 4.96. The fourth-order valence-electron chi connectivity index (χ4n) is 3.24. The Morgan fingerprint density at radius 1 is 0.760 bits per heavy atom. The van der Waals surface area contributed by atoms with Crippen LogP contribution in [0.1, 0.15) is 110 Å². The highest BCUT2D eigenvalue weighted by Gasteiger charge is 2.13. The molecule has 0 spiro atoms. The molecule has 0 aromatic carbocycles. The van der Waals surface area contributed by atoms with Gasteiger partial charge < -0.3 is 10.2 Å². The van der Waals surface area contributed by atoms with Crippen molar-refractivity contribution < 1.29 is 15.0 Å². The monoisotopic (exact) mass is 357 g/mol. The van der Waals surface area contributed by atoms with Crippen molar-refractivity contribution in [1.29, 1.82) is 0 Å². The number of aliphatic hydroxyl groups excluding tert-OH is 1. The van der Waals surface area contributed by atoms with E-state index in [1.165, 1.54) is 88.4 Å². The lowest BCUT2D eigenvalue weighted by atomic mass is 10.0. The van der Waals surface area contributed by atoms with Crippen LogP contribution in [0.4, 0.5) is 0 Å². The van der Waals surface area contributed by atoms with Gasteiger partial charge in [0.25, 0.3) is 0 Å². The molecular formula is C21H43NO3. The molecule has 0 aromatic heterocycles. The minimum absolute atomic E-state index is 0.0973. The third-order valence-corrected chi connectivity index (χ3v) is 4.96. The summed E-state index contributed by atoms with van der Waals surface area (Å²) < 4.78 is 0. The minimum Gasteiger partial charge on any atom is -0.480 e. The SMILES string of the molecule is CCCCCCCCCCCCCCCCCC(O)N(C)CC(=O)O. The topological polar surface area (TPSA) is 60.8 Å². The molecule has 25 heavy (non-hydrogen) atoms. The van der Waals surface area contributed by atoms with Gasteiger partial charge in [0.2, 0.25) is 0 Å². The lowest BCUT2D eigenvalue weighted by molar-refractivity contribution is -0.140. The van der Waals surface area contributed by atoms with Crippen molar-refractivity contribution in [3.8, 4) is 0 Å². The quantitative estimate of drug-likeness (QED) is 0.234. The van der Waals surface area contributed by atoms with E-state index in [0.717, 1.165) is 12.8 Å². The molecule has 2 N–H and O–H groups in total. The van der Waals surface area contributed by atoms with Crippen LogP contribution < -0.4 is 0 Å². The highest BCUT2D eigenvalue weighted by molar-refractivity contribution is 5.69. The molecule has 0 aliphatic heterocycles. The van der Waals surface area contributed by atoms with Gasteiger partial charge in [-0.15, -0.1) is 0 Å². The van der Waals surface area contributed by atoms with E-state index in [0.29, 0.717) is 6.42 Å². The van der Waals surface area contributed by atoms with Gasteiger partial charge in [-0.25, -0.2) is 0 Å². The van der Waals surface area contributed by atoms with Gasteiger partial charge in [0.15, 0.2) is 0 Å². The van der Waals surface area contributed by atoms with Gasteiger partial charge in [-0.1, -0.05) is 96.8 Å². The lowest BCUT2D eigenvalue weighted by Gasteiger charge is -2.21. The van der Waals surface area contributed by atoms with E-state index >= 15 is 0 Å². The molecule has 4 heteroatoms. The molecule has 1 atom stereocenters. The average molecular weight is 358 g/mol. The Morgan fingerprint density at radius 2 is 1.12 bits per heavy atom. The van der Waals surface area contributed by atoms with Gasteiger partial charge in [-0.3, -0.25) is 9.69 Å². The largest absolute Gasteiger partial charge is 0.480 e. The number of rotatable bonds is 19. The maximum Gasteiger partial charge on any atom is 0.317 e. The predicted molar refractivity (Wildman–Crippen MR) is 106 cm³/mol. The van der Waals surface area contributed by atoms with E-state index in [4.69, 9.17) is 5.11 Å². The van der Waals surface area contributed by atoms with Crippen molar-refractivity contribution in [3.05, 3.63) is 0 Å². The van der Waals surface area contributed by atoms with Crippen molar-refractivity contribution in [2.75, 3.05) is 13.6 Å². The number of likely N-dealkylation sites (N-methyl/N-ethyl adjacent to an activating group) is 1. The first-order valence-corrected chi connectivity index (χ1v) is 10.7. The van der Waals surface area contributed by atoms with E-state index < -0.39 is 12.2 Å². The molecule has 4 nitrogen and oxygen atoms in total. The van der Waals surface area contributed by atoms with E-state index in [1.54, 1.807) is 7.05 Å². The van der Waals surface area contributed by atoms with Crippen LogP contribution in [0.5, 0.6) is 0 Å². The zero-order valence-electron chi connectivity index (χ0n) is 16.8. The molecule has 0 heterocycles. The highest BCUT2D eigenvalue weighted by atomic mass is 16.4. The number of unbranched alkanes of at least 4 members (excludes halogenated alkanes) is 14. The molecule has 150 valence electrons. The van der Waals surface area contributed by atoms with Crippen LogP contribution in [0.3, 0.4) is 0 Å². The summed E-state index contributed by atoms with van der Waals surface area (Å²) in [7, 11) is 1.66. The van der Waals surface area contributed by atoms with Crippen LogP contribution in [0.2, 0.25) is 0 Å². The van der Waals surface area contributed by atoms with Crippen LogP contribution in [0, 0.1) is 0 Å². The summed E-state index contributed by atoms with van der Waals surface area (Å²) in [5.41, 5.74) is 0. The van der Waals surface area contributed by atoms with Crippen molar-refractivity contribution in [2.24, 2.45) is 0 Å². The van der Waals surface area contributed by atoms with Crippen molar-refractivity contribution in [3.63, 3.8) is 0 Å². The Balaban J connectivity index is 3.20. The predicted octanol–water partition coefficient (Wildman–Crippen LogP) is 5.58. The summed E-state index contributed by atoms with van der Waals surface area (Å²) in [6.07, 6.45) is 20.0. The van der Waals surface area contributed by atoms with Crippen LogP contribution in [-0.4, -0.2) is 40.9 Å². The normalized spacial score (nSPS) is 12.6. The van der Waals surface area contributed by atoms with Crippen LogP contribution >= 0.6 is 0 Å². The summed E-state index contributed by atoms with van der Waals surface area (Å²) in [6, 6.07) is 0. The van der Waals surface area contributed by atoms with Crippen LogP contribution in [-0.2, 0) is 4.79 Å². The van der Waals surface area contributed by atoms with E-state index in [2.05, 4.69) is 6.92 Å². The van der Waals surface area contributed by atoms with E-state index in [1.807, 2.05) is 0 Å². The number of carbonyl (C=O) groups is 1. The molecular weight excluding hydrogens is 314 g/mol. The summed E-state index contributed by atoms with van der Waals surface area (Å²) in [5, 5.41) is 18.5.